The molecule has 0 saturated carbocycles. The fourth-order valence-corrected chi connectivity index (χ4v) is 2.20. The highest BCUT2D eigenvalue weighted by Gasteiger charge is 2.08. The van der Waals surface area contributed by atoms with Crippen LogP contribution in [0.5, 0.6) is 0 Å². The molecule has 0 aliphatic rings. The molecule has 0 bridgehead atoms. The van der Waals surface area contributed by atoms with Crippen molar-refractivity contribution in [2.75, 3.05) is 32.5 Å². The molecule has 2 aromatic rings. The molecule has 0 atom stereocenters. The molecule has 1 amide bonds. The zero-order chi connectivity index (χ0) is 17.4. The first kappa shape index (κ1) is 18.2. The summed E-state index contributed by atoms with van der Waals surface area (Å²) < 4.78 is 0. The summed E-state index contributed by atoms with van der Waals surface area (Å²) in [7, 11) is 4.02. The molecule has 0 spiro atoms. The van der Waals surface area contributed by atoms with Gasteiger partial charge in [-0.2, -0.15) is 5.10 Å². The predicted molar refractivity (Wildman–Crippen MR) is 95.0 cm³/mol. The minimum Gasteiger partial charge on any atom is -0.378 e. The van der Waals surface area contributed by atoms with Crippen molar-refractivity contribution < 1.29 is 4.79 Å². The number of nitrogens with zero attached hydrogens (tertiary/aromatic N) is 3. The Morgan fingerprint density at radius 1 is 1.29 bits per heavy atom. The van der Waals surface area contributed by atoms with Gasteiger partial charge < -0.3 is 15.5 Å². The van der Waals surface area contributed by atoms with E-state index in [0.717, 1.165) is 18.7 Å². The number of carbonyl (C=O) groups is 1. The number of rotatable bonds is 9. The molecule has 1 aromatic carbocycles. The van der Waals surface area contributed by atoms with E-state index in [1.165, 1.54) is 0 Å². The second-order valence-corrected chi connectivity index (χ2v) is 6.18. The molecule has 130 valence electrons. The molecule has 7 nitrogen and oxygen atoms in total. The van der Waals surface area contributed by atoms with E-state index in [1.54, 1.807) is 0 Å². The molecule has 0 radical (unpaired) electrons. The normalized spacial score (nSPS) is 10.8. The summed E-state index contributed by atoms with van der Waals surface area (Å²) >= 11 is 5.84. The number of carbonyl (C=O) groups excluding carboxylic acids is 1. The van der Waals surface area contributed by atoms with Gasteiger partial charge in [0.05, 0.1) is 13.0 Å². The highest BCUT2D eigenvalue weighted by molar-refractivity contribution is 6.30. The number of benzene rings is 1. The van der Waals surface area contributed by atoms with E-state index in [0.29, 0.717) is 29.8 Å². The van der Waals surface area contributed by atoms with E-state index >= 15 is 0 Å². The van der Waals surface area contributed by atoms with E-state index in [4.69, 9.17) is 11.6 Å². The van der Waals surface area contributed by atoms with Crippen molar-refractivity contribution in [3.63, 3.8) is 0 Å². The van der Waals surface area contributed by atoms with Crippen LogP contribution in [0.15, 0.2) is 24.3 Å². The lowest BCUT2D eigenvalue weighted by atomic mass is 10.3. The number of aromatic nitrogens is 3. The molecular formula is C16H23ClN6O. The maximum Gasteiger partial charge on any atom is 0.227 e. The quantitative estimate of drug-likeness (QED) is 0.599. The molecule has 0 aliphatic carbocycles. The van der Waals surface area contributed by atoms with Crippen molar-refractivity contribution in [3.8, 4) is 0 Å². The lowest BCUT2D eigenvalue weighted by Gasteiger charge is -2.09. The van der Waals surface area contributed by atoms with Gasteiger partial charge in [0.2, 0.25) is 5.91 Å². The molecule has 2 rings (SSSR count). The minimum atomic E-state index is -0.0648. The average Bonchev–Trinajstić information content (AvgIpc) is 2.98. The molecule has 0 saturated heterocycles. The largest absolute Gasteiger partial charge is 0.378 e. The van der Waals surface area contributed by atoms with Gasteiger partial charge in [0, 0.05) is 17.3 Å². The Kier molecular flexibility index (Phi) is 7.02. The Hall–Kier alpha value is -2.12. The van der Waals surface area contributed by atoms with Crippen molar-refractivity contribution in [2.45, 2.75) is 19.4 Å². The zero-order valence-electron chi connectivity index (χ0n) is 14.0. The van der Waals surface area contributed by atoms with Crippen LogP contribution in [-0.4, -0.2) is 53.2 Å². The van der Waals surface area contributed by atoms with Crippen LogP contribution >= 0.6 is 11.6 Å². The van der Waals surface area contributed by atoms with Crippen LogP contribution in [-0.2, 0) is 17.8 Å². The Morgan fingerprint density at radius 2 is 2.04 bits per heavy atom. The fourth-order valence-electron chi connectivity index (χ4n) is 2.08. The second kappa shape index (κ2) is 9.24. The number of aromatic amines is 1. The van der Waals surface area contributed by atoms with Crippen LogP contribution in [0.25, 0.3) is 0 Å². The first-order valence-electron chi connectivity index (χ1n) is 7.84. The van der Waals surface area contributed by atoms with Gasteiger partial charge in [-0.3, -0.25) is 9.89 Å². The van der Waals surface area contributed by atoms with Gasteiger partial charge in [0.15, 0.2) is 5.82 Å². The van der Waals surface area contributed by atoms with Crippen molar-refractivity contribution in [1.29, 1.82) is 0 Å². The van der Waals surface area contributed by atoms with E-state index in [-0.39, 0.29) is 12.3 Å². The first-order valence-corrected chi connectivity index (χ1v) is 8.22. The number of halogens is 1. The summed E-state index contributed by atoms with van der Waals surface area (Å²) in [5.41, 5.74) is 0.941. The Morgan fingerprint density at radius 3 is 2.75 bits per heavy atom. The molecule has 0 unspecified atom stereocenters. The molecule has 1 aromatic heterocycles. The molecule has 0 aliphatic heterocycles. The average molecular weight is 351 g/mol. The van der Waals surface area contributed by atoms with Gasteiger partial charge in [0.25, 0.3) is 0 Å². The van der Waals surface area contributed by atoms with Crippen LogP contribution in [0.2, 0.25) is 5.02 Å². The smallest absolute Gasteiger partial charge is 0.227 e. The summed E-state index contributed by atoms with van der Waals surface area (Å²) in [6.07, 6.45) is 1.10. The standard InChI is InChI=1S/C16H23ClN6O/c1-23(2)9-3-8-18-16(24)10-14-20-15(22-21-14)11-19-13-6-4-12(17)5-7-13/h4-7,19H,3,8-11H2,1-2H3,(H,18,24)(H,20,21,22). The fraction of sp³-hybridized carbons (Fsp3) is 0.438. The lowest BCUT2D eigenvalue weighted by molar-refractivity contribution is -0.120. The maximum atomic E-state index is 11.8. The monoisotopic (exact) mass is 350 g/mol. The summed E-state index contributed by atoms with van der Waals surface area (Å²) in [5, 5.41) is 13.7. The van der Waals surface area contributed by atoms with Gasteiger partial charge in [-0.25, -0.2) is 4.98 Å². The number of amides is 1. The number of anilines is 1. The molecule has 1 heterocycles. The first-order chi connectivity index (χ1) is 11.5. The number of H-pyrrole nitrogens is 1. The zero-order valence-corrected chi connectivity index (χ0v) is 14.7. The summed E-state index contributed by atoms with van der Waals surface area (Å²) in [5.74, 6) is 1.11. The molecule has 0 fully saturated rings. The van der Waals surface area contributed by atoms with Crippen LogP contribution in [0.4, 0.5) is 5.69 Å². The topological polar surface area (TPSA) is 85.9 Å². The Balaban J connectivity index is 1.72. The maximum absolute atomic E-state index is 11.8. The van der Waals surface area contributed by atoms with Crippen LogP contribution in [0, 0.1) is 0 Å². The van der Waals surface area contributed by atoms with Gasteiger partial charge in [-0.15, -0.1) is 0 Å². The Labute approximate surface area is 146 Å². The van der Waals surface area contributed by atoms with E-state index in [2.05, 4.69) is 30.7 Å². The van der Waals surface area contributed by atoms with E-state index in [1.807, 2.05) is 38.4 Å². The van der Waals surface area contributed by atoms with Crippen LogP contribution in [0.1, 0.15) is 18.1 Å². The van der Waals surface area contributed by atoms with Gasteiger partial charge in [-0.1, -0.05) is 11.6 Å². The lowest BCUT2D eigenvalue weighted by Crippen LogP contribution is -2.28. The third kappa shape index (κ3) is 6.55. The number of nitrogens with one attached hydrogen (secondary N) is 3. The van der Waals surface area contributed by atoms with Crippen molar-refractivity contribution in [1.82, 2.24) is 25.4 Å². The van der Waals surface area contributed by atoms with Gasteiger partial charge in [-0.05, 0) is 51.3 Å². The van der Waals surface area contributed by atoms with Crippen molar-refractivity contribution >= 4 is 23.2 Å². The second-order valence-electron chi connectivity index (χ2n) is 5.74. The van der Waals surface area contributed by atoms with Gasteiger partial charge in [0.1, 0.15) is 5.82 Å². The summed E-state index contributed by atoms with van der Waals surface area (Å²) in [4.78, 5) is 18.2. The highest BCUT2D eigenvalue weighted by Crippen LogP contribution is 2.13. The van der Waals surface area contributed by atoms with Crippen molar-refractivity contribution in [2.24, 2.45) is 0 Å². The number of hydrogen-bond acceptors (Lipinski definition) is 5. The highest BCUT2D eigenvalue weighted by atomic mass is 35.5. The molecule has 8 heteroatoms. The molecule has 3 N–H and O–H groups in total. The third-order valence-corrected chi connectivity index (χ3v) is 3.56. The van der Waals surface area contributed by atoms with Gasteiger partial charge >= 0.3 is 0 Å². The number of hydrogen-bond donors (Lipinski definition) is 3. The van der Waals surface area contributed by atoms with E-state index in [9.17, 15) is 4.79 Å². The SMILES string of the molecule is CN(C)CCCNC(=O)Cc1n[nH]c(CNc2ccc(Cl)cc2)n1. The summed E-state index contributed by atoms with van der Waals surface area (Å²) in [6, 6.07) is 7.41. The molecule has 24 heavy (non-hydrogen) atoms. The molecular weight excluding hydrogens is 328 g/mol. The minimum absolute atomic E-state index is 0.0648. The third-order valence-electron chi connectivity index (χ3n) is 3.31. The predicted octanol–water partition coefficient (Wildman–Crippen LogP) is 1.68. The van der Waals surface area contributed by atoms with Crippen LogP contribution in [0.3, 0.4) is 0 Å². The van der Waals surface area contributed by atoms with Crippen LogP contribution < -0.4 is 10.6 Å². The summed E-state index contributed by atoms with van der Waals surface area (Å²) in [6.45, 7) is 2.10. The van der Waals surface area contributed by atoms with Crippen molar-refractivity contribution in [3.05, 3.63) is 40.9 Å². The Bertz CT molecular complexity index is 640. The van der Waals surface area contributed by atoms with E-state index < -0.39 is 0 Å².